The van der Waals surface area contributed by atoms with E-state index in [0.29, 0.717) is 6.04 Å². The number of ether oxygens (including phenoxy) is 3. The second kappa shape index (κ2) is 2.78. The van der Waals surface area contributed by atoms with E-state index in [9.17, 15) is 4.79 Å². The molecule has 88 valence electrons. The van der Waals surface area contributed by atoms with Crippen LogP contribution in [0.25, 0.3) is 0 Å². The standard InChI is InChI=1S/C11H16NO4/c1-11(2)15-8-4-7-5-12(7,10(13)14-3)6-9(8)16-11/h6-8H,4-5H2,1-3H3/q+1/t7?,8-,12+/m0/s1. The van der Waals surface area contributed by atoms with Crippen LogP contribution in [-0.4, -0.2) is 42.2 Å². The van der Waals surface area contributed by atoms with Gasteiger partial charge in [0.05, 0.1) is 7.11 Å². The third kappa shape index (κ3) is 1.21. The Morgan fingerprint density at radius 1 is 1.62 bits per heavy atom. The molecule has 3 heterocycles. The van der Waals surface area contributed by atoms with Crippen molar-refractivity contribution in [2.24, 2.45) is 0 Å². The lowest BCUT2D eigenvalue weighted by molar-refractivity contribution is -0.682. The summed E-state index contributed by atoms with van der Waals surface area (Å²) < 4.78 is 16.5. The summed E-state index contributed by atoms with van der Waals surface area (Å²) in [6.07, 6.45) is 2.51. The second-order valence-corrected chi connectivity index (χ2v) is 5.11. The monoisotopic (exact) mass is 226 g/mol. The Bertz CT molecular complexity index is 389. The van der Waals surface area contributed by atoms with E-state index < -0.39 is 5.79 Å². The summed E-state index contributed by atoms with van der Waals surface area (Å²) in [4.78, 5) is 11.7. The predicted octanol–water partition coefficient (Wildman–Crippen LogP) is 1.35. The number of rotatable bonds is 0. The smallest absolute Gasteiger partial charge is 0.459 e. The Morgan fingerprint density at radius 3 is 3.06 bits per heavy atom. The Labute approximate surface area is 94.2 Å². The lowest BCUT2D eigenvalue weighted by Crippen LogP contribution is -2.36. The maximum absolute atomic E-state index is 11.7. The topological polar surface area (TPSA) is 44.8 Å². The minimum Gasteiger partial charge on any atom is -0.459 e. The average Bonchev–Trinajstić information content (AvgIpc) is 2.82. The molecule has 5 nitrogen and oxygen atoms in total. The van der Waals surface area contributed by atoms with Crippen molar-refractivity contribution in [3.63, 3.8) is 0 Å². The zero-order valence-electron chi connectivity index (χ0n) is 9.73. The number of hydrogen-bond acceptors (Lipinski definition) is 4. The van der Waals surface area contributed by atoms with Gasteiger partial charge in [-0.05, 0) is 0 Å². The number of amides is 1. The molecule has 0 aliphatic carbocycles. The van der Waals surface area contributed by atoms with Crippen molar-refractivity contribution in [1.29, 1.82) is 0 Å². The Hall–Kier alpha value is -1.07. The molecule has 5 heteroatoms. The molecular weight excluding hydrogens is 210 g/mol. The molecule has 0 saturated carbocycles. The number of methoxy groups -OCH3 is 1. The van der Waals surface area contributed by atoms with Crippen molar-refractivity contribution in [3.8, 4) is 0 Å². The van der Waals surface area contributed by atoms with Gasteiger partial charge in [0.1, 0.15) is 18.8 Å². The van der Waals surface area contributed by atoms with Gasteiger partial charge in [-0.15, -0.1) is 0 Å². The third-order valence-electron chi connectivity index (χ3n) is 3.50. The van der Waals surface area contributed by atoms with Crippen molar-refractivity contribution < 1.29 is 23.5 Å². The molecule has 2 fully saturated rings. The van der Waals surface area contributed by atoms with Crippen LogP contribution in [0.4, 0.5) is 4.79 Å². The first-order valence-corrected chi connectivity index (χ1v) is 5.52. The highest BCUT2D eigenvalue weighted by Gasteiger charge is 2.67. The largest absolute Gasteiger partial charge is 0.521 e. The number of carbonyl (C=O) groups is 1. The summed E-state index contributed by atoms with van der Waals surface area (Å²) in [5, 5.41) is 0. The van der Waals surface area contributed by atoms with Gasteiger partial charge in [0, 0.05) is 20.3 Å². The van der Waals surface area contributed by atoms with E-state index in [2.05, 4.69) is 0 Å². The molecule has 16 heavy (non-hydrogen) atoms. The molecular formula is C11H16NO4+. The minimum absolute atomic E-state index is 0.0124. The molecule has 3 rings (SSSR count). The van der Waals surface area contributed by atoms with E-state index in [1.807, 2.05) is 20.0 Å². The van der Waals surface area contributed by atoms with Gasteiger partial charge in [0.15, 0.2) is 11.8 Å². The zero-order chi connectivity index (χ0) is 11.6. The quantitative estimate of drug-likeness (QED) is 0.462. The summed E-state index contributed by atoms with van der Waals surface area (Å²) in [6, 6.07) is 0.304. The Morgan fingerprint density at radius 2 is 2.38 bits per heavy atom. The van der Waals surface area contributed by atoms with Crippen molar-refractivity contribution in [3.05, 3.63) is 12.0 Å². The molecule has 0 aromatic heterocycles. The molecule has 0 N–H and O–H groups in total. The van der Waals surface area contributed by atoms with Crippen LogP contribution in [0.3, 0.4) is 0 Å². The van der Waals surface area contributed by atoms with E-state index in [1.165, 1.54) is 7.11 Å². The van der Waals surface area contributed by atoms with E-state index in [1.54, 1.807) is 0 Å². The molecule has 2 saturated heterocycles. The van der Waals surface area contributed by atoms with Gasteiger partial charge < -0.3 is 14.2 Å². The maximum Gasteiger partial charge on any atom is 0.521 e. The highest BCUT2D eigenvalue weighted by molar-refractivity contribution is 5.63. The first-order chi connectivity index (χ1) is 7.47. The SMILES string of the molecule is COC(=O)[N@+]12C=C3OC(C)(C)O[C@H]3CC1C2. The van der Waals surface area contributed by atoms with Crippen molar-refractivity contribution in [2.45, 2.75) is 38.2 Å². The summed E-state index contributed by atoms with van der Waals surface area (Å²) in [5.74, 6) is 0.207. The highest BCUT2D eigenvalue weighted by atomic mass is 16.7. The molecule has 1 unspecified atom stereocenters. The average molecular weight is 226 g/mol. The van der Waals surface area contributed by atoms with E-state index in [0.717, 1.165) is 18.7 Å². The minimum atomic E-state index is -0.575. The van der Waals surface area contributed by atoms with Crippen LogP contribution in [0.5, 0.6) is 0 Å². The first kappa shape index (κ1) is 10.1. The van der Waals surface area contributed by atoms with Crippen molar-refractivity contribution in [1.82, 2.24) is 0 Å². The summed E-state index contributed by atoms with van der Waals surface area (Å²) in [7, 11) is 1.42. The first-order valence-electron chi connectivity index (χ1n) is 5.52. The van der Waals surface area contributed by atoms with Crippen LogP contribution in [0.15, 0.2) is 12.0 Å². The molecule has 0 radical (unpaired) electrons. The normalized spacial score (nSPS) is 42.6. The van der Waals surface area contributed by atoms with Crippen LogP contribution in [0.2, 0.25) is 0 Å². The maximum atomic E-state index is 11.7. The summed E-state index contributed by atoms with van der Waals surface area (Å²) in [5.41, 5.74) is 0. The number of hydrogen-bond donors (Lipinski definition) is 0. The van der Waals surface area contributed by atoms with E-state index in [-0.39, 0.29) is 16.7 Å². The zero-order valence-corrected chi connectivity index (χ0v) is 9.73. The number of quaternary nitrogens is 1. The molecule has 0 spiro atoms. The Balaban J connectivity index is 1.90. The summed E-state index contributed by atoms with van der Waals surface area (Å²) in [6.45, 7) is 4.57. The number of nitrogens with zero attached hydrogens (tertiary/aromatic N) is 1. The number of carbonyl (C=O) groups excluding carboxylic acids is 1. The molecule has 0 bridgehead atoms. The molecule has 3 aliphatic heterocycles. The second-order valence-electron chi connectivity index (χ2n) is 5.11. The van der Waals surface area contributed by atoms with Gasteiger partial charge in [-0.1, -0.05) is 0 Å². The predicted molar refractivity (Wildman–Crippen MR) is 54.1 cm³/mol. The van der Waals surface area contributed by atoms with Crippen molar-refractivity contribution >= 4 is 6.09 Å². The van der Waals surface area contributed by atoms with Gasteiger partial charge in [0.25, 0.3) is 0 Å². The van der Waals surface area contributed by atoms with Gasteiger partial charge in [0.2, 0.25) is 5.79 Å². The van der Waals surface area contributed by atoms with E-state index >= 15 is 0 Å². The van der Waals surface area contributed by atoms with Crippen LogP contribution in [0.1, 0.15) is 20.3 Å². The van der Waals surface area contributed by atoms with Crippen LogP contribution in [-0.2, 0) is 14.2 Å². The van der Waals surface area contributed by atoms with Crippen molar-refractivity contribution in [2.75, 3.05) is 13.7 Å². The fourth-order valence-electron chi connectivity index (χ4n) is 2.69. The number of fused-ring (bicyclic) bond motifs is 2. The van der Waals surface area contributed by atoms with E-state index in [4.69, 9.17) is 14.2 Å². The van der Waals surface area contributed by atoms with Crippen LogP contribution in [0, 0.1) is 0 Å². The molecule has 3 aliphatic rings. The third-order valence-corrected chi connectivity index (χ3v) is 3.50. The lowest BCUT2D eigenvalue weighted by atomic mass is 10.1. The Kier molecular flexibility index (Phi) is 1.76. The molecule has 1 amide bonds. The van der Waals surface area contributed by atoms with Crippen LogP contribution >= 0.6 is 0 Å². The van der Waals surface area contributed by atoms with Gasteiger partial charge >= 0.3 is 6.09 Å². The van der Waals surface area contributed by atoms with Gasteiger partial charge in [-0.2, -0.15) is 9.28 Å². The van der Waals surface area contributed by atoms with Gasteiger partial charge in [-0.25, -0.2) is 0 Å². The molecule has 0 aromatic rings. The fraction of sp³-hybridized carbons (Fsp3) is 0.727. The molecule has 0 aromatic carbocycles. The summed E-state index contributed by atoms with van der Waals surface area (Å²) >= 11 is 0. The lowest BCUT2D eigenvalue weighted by Gasteiger charge is -2.18. The van der Waals surface area contributed by atoms with Gasteiger partial charge in [-0.3, -0.25) is 0 Å². The van der Waals surface area contributed by atoms with Crippen LogP contribution < -0.4 is 0 Å². The highest BCUT2D eigenvalue weighted by Crippen LogP contribution is 2.47. The molecule has 3 atom stereocenters. The fourth-order valence-corrected chi connectivity index (χ4v) is 2.69.